The molecule has 0 bridgehead atoms. The minimum absolute atomic E-state index is 0.359. The molecule has 8 heteroatoms. The third kappa shape index (κ3) is 4.16. The van der Waals surface area contributed by atoms with E-state index in [1.807, 2.05) is 0 Å². The molecule has 28 heavy (non-hydrogen) atoms. The van der Waals surface area contributed by atoms with E-state index in [9.17, 15) is 25.2 Å². The van der Waals surface area contributed by atoms with Gasteiger partial charge in [-0.3, -0.25) is 0 Å². The summed E-state index contributed by atoms with van der Waals surface area (Å²) >= 11 is 0. The van der Waals surface area contributed by atoms with Crippen molar-refractivity contribution in [2.75, 3.05) is 13.7 Å². The molecule has 0 amide bonds. The van der Waals surface area contributed by atoms with Crippen LogP contribution in [0.25, 0.3) is 0 Å². The van der Waals surface area contributed by atoms with Crippen molar-refractivity contribution in [2.45, 2.75) is 30.5 Å². The smallest absolute Gasteiger partial charge is 0.337 e. The maximum absolute atomic E-state index is 11.6. The maximum atomic E-state index is 11.6. The van der Waals surface area contributed by atoms with Crippen molar-refractivity contribution in [3.8, 4) is 11.5 Å². The monoisotopic (exact) mass is 390 g/mol. The lowest BCUT2D eigenvalue weighted by atomic mass is 9.91. The lowest BCUT2D eigenvalue weighted by Crippen LogP contribution is -2.55. The highest BCUT2D eigenvalue weighted by molar-refractivity contribution is 5.89. The summed E-state index contributed by atoms with van der Waals surface area (Å²) in [5.74, 6) is 0.460. The fraction of sp³-hybridized carbons (Fsp3) is 0.350. The summed E-state index contributed by atoms with van der Waals surface area (Å²) in [4.78, 5) is 11.6. The molecule has 5 unspecified atom stereocenters. The Morgan fingerprint density at radius 1 is 1.00 bits per heavy atom. The average Bonchev–Trinajstić information content (AvgIpc) is 2.72. The van der Waals surface area contributed by atoms with Gasteiger partial charge in [0.05, 0.1) is 19.3 Å². The molecule has 1 heterocycles. The number of hydrogen-bond donors (Lipinski definition) is 4. The number of rotatable bonds is 5. The van der Waals surface area contributed by atoms with Crippen molar-refractivity contribution in [3.05, 3.63) is 59.7 Å². The molecule has 1 aliphatic heterocycles. The average molecular weight is 390 g/mol. The van der Waals surface area contributed by atoms with Crippen molar-refractivity contribution in [1.29, 1.82) is 0 Å². The van der Waals surface area contributed by atoms with Crippen molar-refractivity contribution in [1.82, 2.24) is 0 Å². The number of aliphatic hydroxyl groups excluding tert-OH is 4. The fourth-order valence-corrected chi connectivity index (χ4v) is 3.04. The van der Waals surface area contributed by atoms with Crippen LogP contribution in [0, 0.1) is 0 Å². The van der Waals surface area contributed by atoms with Gasteiger partial charge in [0.15, 0.2) is 0 Å². The van der Waals surface area contributed by atoms with Crippen LogP contribution in [0.3, 0.4) is 0 Å². The summed E-state index contributed by atoms with van der Waals surface area (Å²) in [6.45, 7) is -0.487. The van der Waals surface area contributed by atoms with E-state index in [1.165, 1.54) is 7.11 Å². The number of carbonyl (C=O) groups is 1. The second-order valence-corrected chi connectivity index (χ2v) is 6.44. The molecule has 1 aliphatic rings. The van der Waals surface area contributed by atoms with Gasteiger partial charge in [0.1, 0.15) is 42.0 Å². The third-order valence-electron chi connectivity index (χ3n) is 4.59. The first-order valence-electron chi connectivity index (χ1n) is 8.71. The van der Waals surface area contributed by atoms with E-state index >= 15 is 0 Å². The number of methoxy groups -OCH3 is 1. The van der Waals surface area contributed by atoms with Gasteiger partial charge in [-0.1, -0.05) is 18.2 Å². The largest absolute Gasteiger partial charge is 0.465 e. The summed E-state index contributed by atoms with van der Waals surface area (Å²) in [6, 6.07) is 13.1. The van der Waals surface area contributed by atoms with Crippen LogP contribution in [0.5, 0.6) is 11.5 Å². The van der Waals surface area contributed by atoms with Gasteiger partial charge in [-0.25, -0.2) is 4.79 Å². The van der Waals surface area contributed by atoms with Gasteiger partial charge in [0.25, 0.3) is 0 Å². The van der Waals surface area contributed by atoms with Crippen LogP contribution in [0.2, 0.25) is 0 Å². The number of ether oxygens (including phenoxy) is 3. The number of hydrogen-bond acceptors (Lipinski definition) is 8. The van der Waals surface area contributed by atoms with Crippen LogP contribution in [-0.4, -0.2) is 64.5 Å². The van der Waals surface area contributed by atoms with Gasteiger partial charge >= 0.3 is 5.97 Å². The molecule has 0 spiro atoms. The molecule has 0 aliphatic carbocycles. The zero-order chi connectivity index (χ0) is 20.3. The molecular formula is C20H22O8. The lowest BCUT2D eigenvalue weighted by Gasteiger charge is -2.40. The van der Waals surface area contributed by atoms with Crippen LogP contribution < -0.4 is 4.74 Å². The van der Waals surface area contributed by atoms with Gasteiger partial charge in [-0.05, 0) is 35.9 Å². The summed E-state index contributed by atoms with van der Waals surface area (Å²) in [7, 11) is 1.30. The normalized spacial score (nSPS) is 27.2. The zero-order valence-corrected chi connectivity index (χ0v) is 15.1. The molecule has 3 rings (SSSR count). The molecule has 150 valence electrons. The van der Waals surface area contributed by atoms with Crippen LogP contribution in [0.4, 0.5) is 0 Å². The Kier molecular flexibility index (Phi) is 6.28. The first-order valence-corrected chi connectivity index (χ1v) is 8.71. The van der Waals surface area contributed by atoms with E-state index in [0.29, 0.717) is 22.6 Å². The molecule has 4 N–H and O–H groups in total. The van der Waals surface area contributed by atoms with Gasteiger partial charge in [0, 0.05) is 0 Å². The summed E-state index contributed by atoms with van der Waals surface area (Å²) in [5.41, 5.74) is 0.908. The molecule has 2 aromatic rings. The molecule has 2 aromatic carbocycles. The highest BCUT2D eigenvalue weighted by Crippen LogP contribution is 2.33. The fourth-order valence-electron chi connectivity index (χ4n) is 3.04. The summed E-state index contributed by atoms with van der Waals surface area (Å²) < 4.78 is 15.9. The van der Waals surface area contributed by atoms with E-state index in [2.05, 4.69) is 4.74 Å². The minimum Gasteiger partial charge on any atom is -0.465 e. The first kappa shape index (κ1) is 20.2. The molecule has 0 saturated carbocycles. The molecule has 1 fully saturated rings. The number of benzene rings is 2. The van der Waals surface area contributed by atoms with Crippen LogP contribution in [0.15, 0.2) is 48.5 Å². The highest BCUT2D eigenvalue weighted by atomic mass is 16.5. The van der Waals surface area contributed by atoms with Crippen molar-refractivity contribution in [2.24, 2.45) is 0 Å². The Morgan fingerprint density at radius 2 is 1.71 bits per heavy atom. The zero-order valence-electron chi connectivity index (χ0n) is 15.1. The van der Waals surface area contributed by atoms with Crippen LogP contribution >= 0.6 is 0 Å². The molecule has 0 aromatic heterocycles. The molecule has 8 nitrogen and oxygen atoms in total. The Morgan fingerprint density at radius 3 is 2.36 bits per heavy atom. The number of aliphatic hydroxyl groups is 4. The third-order valence-corrected chi connectivity index (χ3v) is 4.59. The summed E-state index contributed by atoms with van der Waals surface area (Å²) in [6.07, 6.45) is -6.07. The van der Waals surface area contributed by atoms with E-state index in [1.54, 1.807) is 48.5 Å². The standard InChI is InChI=1S/C20H22O8/c1-26-20(25)12-3-2-4-14(9-12)27-13-7-5-11(6-8-13)19-18(24)17(23)16(22)15(10-21)28-19/h2-9,15-19,21-24H,10H2,1H3. The highest BCUT2D eigenvalue weighted by Gasteiger charge is 2.43. The van der Waals surface area contributed by atoms with E-state index in [0.717, 1.165) is 0 Å². The second kappa shape index (κ2) is 8.68. The van der Waals surface area contributed by atoms with Gasteiger partial charge in [-0.2, -0.15) is 0 Å². The minimum atomic E-state index is -1.44. The quantitative estimate of drug-likeness (QED) is 0.552. The number of esters is 1. The molecular weight excluding hydrogens is 368 g/mol. The van der Waals surface area contributed by atoms with E-state index < -0.39 is 43.1 Å². The molecule has 0 radical (unpaired) electrons. The Labute approximate surface area is 161 Å². The topological polar surface area (TPSA) is 126 Å². The van der Waals surface area contributed by atoms with Crippen molar-refractivity contribution < 1.29 is 39.4 Å². The molecule has 1 saturated heterocycles. The number of carbonyl (C=O) groups excluding carboxylic acids is 1. The SMILES string of the molecule is COC(=O)c1cccc(Oc2ccc(C3OC(CO)C(O)C(O)C3O)cc2)c1. The van der Waals surface area contributed by atoms with Crippen molar-refractivity contribution in [3.63, 3.8) is 0 Å². The first-order chi connectivity index (χ1) is 13.4. The predicted molar refractivity (Wildman–Crippen MR) is 97.0 cm³/mol. The Bertz CT molecular complexity index is 804. The second-order valence-electron chi connectivity index (χ2n) is 6.44. The van der Waals surface area contributed by atoms with Gasteiger partial charge < -0.3 is 34.6 Å². The van der Waals surface area contributed by atoms with E-state index in [-0.39, 0.29) is 0 Å². The van der Waals surface area contributed by atoms with Gasteiger partial charge in [0.2, 0.25) is 0 Å². The maximum Gasteiger partial charge on any atom is 0.337 e. The lowest BCUT2D eigenvalue weighted by molar-refractivity contribution is -0.231. The molecule has 5 atom stereocenters. The Hall–Kier alpha value is -2.49. The van der Waals surface area contributed by atoms with Crippen LogP contribution in [-0.2, 0) is 9.47 Å². The van der Waals surface area contributed by atoms with Crippen LogP contribution in [0.1, 0.15) is 22.0 Å². The van der Waals surface area contributed by atoms with E-state index in [4.69, 9.17) is 9.47 Å². The Balaban J connectivity index is 1.74. The summed E-state index contributed by atoms with van der Waals surface area (Å²) in [5, 5.41) is 39.3. The predicted octanol–water partition coefficient (Wildman–Crippen LogP) is 0.780. The van der Waals surface area contributed by atoms with Crippen molar-refractivity contribution >= 4 is 5.97 Å². The van der Waals surface area contributed by atoms with Gasteiger partial charge in [-0.15, -0.1) is 0 Å².